The third-order valence-corrected chi connectivity index (χ3v) is 6.47. The number of aryl methyl sites for hydroxylation is 2. The van der Waals surface area contributed by atoms with Gasteiger partial charge in [-0.05, 0) is 48.3 Å². The van der Waals surface area contributed by atoms with Crippen LogP contribution in [0.15, 0.2) is 35.2 Å². The lowest BCUT2D eigenvalue weighted by atomic mass is 9.91. The molecule has 2 aromatic rings. The molecule has 0 aliphatic carbocycles. The van der Waals surface area contributed by atoms with Crippen molar-refractivity contribution >= 4 is 20.9 Å². The van der Waals surface area contributed by atoms with E-state index in [2.05, 4.69) is 19.9 Å². The van der Waals surface area contributed by atoms with Gasteiger partial charge in [0.1, 0.15) is 4.90 Å². The Kier molecular flexibility index (Phi) is 9.46. The molecule has 2 aromatic carbocycles. The molecule has 0 fully saturated rings. The number of hydrogen-bond donors (Lipinski definition) is 1. The lowest BCUT2D eigenvalue weighted by molar-refractivity contribution is 0.484. The lowest BCUT2D eigenvalue weighted by Gasteiger charge is -2.16. The number of rotatable bonds is 13. The summed E-state index contributed by atoms with van der Waals surface area (Å²) in [6, 6.07) is 9.35. The van der Waals surface area contributed by atoms with Crippen molar-refractivity contribution in [3.05, 3.63) is 41.5 Å². The zero-order chi connectivity index (χ0) is 20.4. The number of unbranched alkanes of at least 4 members (excludes halogenated alkanes) is 8. The molecule has 0 atom stereocenters. The Balaban J connectivity index is 2.33. The average molecular weight is 405 g/mol. The summed E-state index contributed by atoms with van der Waals surface area (Å²) >= 11 is 0. The maximum Gasteiger partial charge on any atom is 0.295 e. The predicted molar refractivity (Wildman–Crippen MR) is 119 cm³/mol. The molecule has 0 heterocycles. The first kappa shape index (κ1) is 22.9. The normalized spacial score (nSPS) is 12.0. The van der Waals surface area contributed by atoms with Crippen molar-refractivity contribution in [1.29, 1.82) is 0 Å². The van der Waals surface area contributed by atoms with Gasteiger partial charge in [0.15, 0.2) is 0 Å². The second-order valence-electron chi connectivity index (χ2n) is 7.86. The van der Waals surface area contributed by atoms with Gasteiger partial charge in [-0.3, -0.25) is 4.55 Å². The third kappa shape index (κ3) is 6.59. The third-order valence-electron chi connectivity index (χ3n) is 5.57. The van der Waals surface area contributed by atoms with E-state index in [-0.39, 0.29) is 4.90 Å². The molecule has 0 unspecified atom stereocenters. The Morgan fingerprint density at radius 3 is 1.96 bits per heavy atom. The van der Waals surface area contributed by atoms with Gasteiger partial charge in [0.2, 0.25) is 0 Å². The summed E-state index contributed by atoms with van der Waals surface area (Å²) in [5, 5.41) is 1.62. The van der Waals surface area contributed by atoms with Crippen LogP contribution in [0.4, 0.5) is 0 Å². The summed E-state index contributed by atoms with van der Waals surface area (Å²) in [5.41, 5.74) is 2.37. The highest BCUT2D eigenvalue weighted by atomic mass is 32.2. The molecule has 0 aliphatic heterocycles. The molecule has 3 nitrogen and oxygen atoms in total. The molecule has 2 rings (SSSR count). The molecule has 28 heavy (non-hydrogen) atoms. The maximum absolute atomic E-state index is 12.0. The van der Waals surface area contributed by atoms with Crippen LogP contribution in [-0.4, -0.2) is 13.0 Å². The smallest absolute Gasteiger partial charge is 0.282 e. The second-order valence-corrected chi connectivity index (χ2v) is 9.25. The van der Waals surface area contributed by atoms with Crippen molar-refractivity contribution < 1.29 is 13.0 Å². The first-order valence-electron chi connectivity index (χ1n) is 11.0. The van der Waals surface area contributed by atoms with E-state index in [0.29, 0.717) is 0 Å². The lowest BCUT2D eigenvalue weighted by Crippen LogP contribution is -2.04. The van der Waals surface area contributed by atoms with Gasteiger partial charge in [-0.15, -0.1) is 0 Å². The van der Waals surface area contributed by atoms with Crippen molar-refractivity contribution in [2.45, 2.75) is 95.8 Å². The molecular formula is C24H36O3S. The van der Waals surface area contributed by atoms with Crippen LogP contribution in [0.2, 0.25) is 0 Å². The fraction of sp³-hybridized carbons (Fsp3) is 0.583. The highest BCUT2D eigenvalue weighted by Gasteiger charge is 2.18. The summed E-state index contributed by atoms with van der Waals surface area (Å²) in [7, 11) is -4.24. The summed E-state index contributed by atoms with van der Waals surface area (Å²) in [6.07, 6.45) is 13.8. The van der Waals surface area contributed by atoms with Crippen LogP contribution >= 0.6 is 0 Å². The summed E-state index contributed by atoms with van der Waals surface area (Å²) < 4.78 is 33.8. The first-order valence-corrected chi connectivity index (χ1v) is 12.4. The Bertz CT molecular complexity index is 840. The molecule has 156 valence electrons. The predicted octanol–water partition coefficient (Wildman–Crippen LogP) is 7.11. The van der Waals surface area contributed by atoms with Crippen LogP contribution < -0.4 is 0 Å². The van der Waals surface area contributed by atoms with E-state index < -0.39 is 10.1 Å². The van der Waals surface area contributed by atoms with Crippen LogP contribution in [0, 0.1) is 0 Å². The zero-order valence-electron chi connectivity index (χ0n) is 17.5. The van der Waals surface area contributed by atoms with Crippen molar-refractivity contribution in [3.8, 4) is 0 Å². The molecule has 4 heteroatoms. The van der Waals surface area contributed by atoms with Crippen LogP contribution in [0.1, 0.15) is 89.2 Å². The topological polar surface area (TPSA) is 54.4 Å². The second kappa shape index (κ2) is 11.6. The Hall–Kier alpha value is -1.39. The Morgan fingerprint density at radius 2 is 1.36 bits per heavy atom. The van der Waals surface area contributed by atoms with Crippen molar-refractivity contribution in [1.82, 2.24) is 0 Å². The van der Waals surface area contributed by atoms with Crippen LogP contribution in [0.5, 0.6) is 0 Å². The summed E-state index contributed by atoms with van der Waals surface area (Å²) in [4.78, 5) is 0.0568. The van der Waals surface area contributed by atoms with Gasteiger partial charge < -0.3 is 0 Å². The van der Waals surface area contributed by atoms with E-state index in [1.165, 1.54) is 56.6 Å². The van der Waals surface area contributed by atoms with Gasteiger partial charge in [-0.1, -0.05) is 89.5 Å². The first-order chi connectivity index (χ1) is 13.5. The largest absolute Gasteiger partial charge is 0.295 e. The van der Waals surface area contributed by atoms with Gasteiger partial charge in [-0.2, -0.15) is 8.42 Å². The summed E-state index contributed by atoms with van der Waals surface area (Å²) in [6.45, 7) is 4.43. The fourth-order valence-electron chi connectivity index (χ4n) is 4.02. The Morgan fingerprint density at radius 1 is 0.750 bits per heavy atom. The molecule has 0 spiro atoms. The summed E-state index contributed by atoms with van der Waals surface area (Å²) in [5.74, 6) is 0. The van der Waals surface area contributed by atoms with E-state index in [9.17, 15) is 13.0 Å². The molecule has 0 bridgehead atoms. The SMILES string of the molecule is CCCCCCCc1ccc2cccc(S(=O)(=O)O)c2c1CCCCCCC. The van der Waals surface area contributed by atoms with E-state index in [0.717, 1.165) is 48.4 Å². The van der Waals surface area contributed by atoms with Crippen LogP contribution in [0.3, 0.4) is 0 Å². The molecule has 0 aliphatic rings. The molecule has 0 aromatic heterocycles. The van der Waals surface area contributed by atoms with Gasteiger partial charge in [0.25, 0.3) is 10.1 Å². The van der Waals surface area contributed by atoms with Crippen molar-refractivity contribution in [3.63, 3.8) is 0 Å². The van der Waals surface area contributed by atoms with E-state index in [1.807, 2.05) is 12.1 Å². The minimum Gasteiger partial charge on any atom is -0.282 e. The van der Waals surface area contributed by atoms with Crippen LogP contribution in [0.25, 0.3) is 10.8 Å². The van der Waals surface area contributed by atoms with Gasteiger partial charge in [0.05, 0.1) is 0 Å². The monoisotopic (exact) mass is 404 g/mol. The average Bonchev–Trinajstić information content (AvgIpc) is 2.67. The molecular weight excluding hydrogens is 368 g/mol. The van der Waals surface area contributed by atoms with Gasteiger partial charge in [-0.25, -0.2) is 0 Å². The van der Waals surface area contributed by atoms with Gasteiger partial charge >= 0.3 is 0 Å². The van der Waals surface area contributed by atoms with Gasteiger partial charge in [0, 0.05) is 5.39 Å². The van der Waals surface area contributed by atoms with Crippen molar-refractivity contribution in [2.24, 2.45) is 0 Å². The fourth-order valence-corrected chi connectivity index (χ4v) is 4.77. The molecule has 0 radical (unpaired) electrons. The minimum absolute atomic E-state index is 0.0568. The molecule has 0 saturated carbocycles. The zero-order valence-corrected chi connectivity index (χ0v) is 18.4. The highest BCUT2D eigenvalue weighted by Crippen LogP contribution is 2.31. The van der Waals surface area contributed by atoms with Crippen LogP contribution in [-0.2, 0) is 23.0 Å². The Labute approximate surface area is 171 Å². The van der Waals surface area contributed by atoms with E-state index in [1.54, 1.807) is 6.07 Å². The molecule has 1 N–H and O–H groups in total. The van der Waals surface area contributed by atoms with E-state index >= 15 is 0 Å². The number of benzene rings is 2. The quantitative estimate of drug-likeness (QED) is 0.286. The molecule has 0 amide bonds. The maximum atomic E-state index is 12.0. The van der Waals surface area contributed by atoms with Crippen molar-refractivity contribution in [2.75, 3.05) is 0 Å². The molecule has 0 saturated heterocycles. The number of hydrogen-bond acceptors (Lipinski definition) is 2. The number of fused-ring (bicyclic) bond motifs is 1. The standard InChI is InChI=1S/C24H36O3S/c1-3-5-7-9-11-14-20-18-19-21-15-13-17-23(28(25,26)27)24(21)22(20)16-12-10-8-6-4-2/h13,15,17-19H,3-12,14,16H2,1-2H3,(H,25,26,27). The highest BCUT2D eigenvalue weighted by molar-refractivity contribution is 7.86. The minimum atomic E-state index is -4.24. The van der Waals surface area contributed by atoms with E-state index in [4.69, 9.17) is 0 Å².